The minimum Gasteiger partial charge on any atom is -0.497 e. The number of nitrogens with zero attached hydrogens (tertiary/aromatic N) is 2. The summed E-state index contributed by atoms with van der Waals surface area (Å²) < 4.78 is 5.23. The lowest BCUT2D eigenvalue weighted by molar-refractivity contribution is -0.114. The fourth-order valence-corrected chi connectivity index (χ4v) is 5.17. The van der Waals surface area contributed by atoms with E-state index >= 15 is 0 Å². The Labute approximate surface area is 226 Å². The molecule has 1 heterocycles. The predicted molar refractivity (Wildman–Crippen MR) is 157 cm³/mol. The van der Waals surface area contributed by atoms with Gasteiger partial charge in [0, 0.05) is 5.69 Å². The zero-order valence-corrected chi connectivity index (χ0v) is 22.2. The summed E-state index contributed by atoms with van der Waals surface area (Å²) in [4.78, 5) is 32.6. The number of hydrogen-bond donors (Lipinski definition) is 1. The second-order valence-electron chi connectivity index (χ2n) is 9.08. The zero-order chi connectivity index (χ0) is 26.6. The van der Waals surface area contributed by atoms with Gasteiger partial charge in [0.05, 0.1) is 18.6 Å². The van der Waals surface area contributed by atoms with Gasteiger partial charge >= 0.3 is 0 Å². The molecular formula is C31H27N3O3S. The highest BCUT2D eigenvalue weighted by molar-refractivity contribution is 8.14. The molecule has 38 heavy (non-hydrogen) atoms. The summed E-state index contributed by atoms with van der Waals surface area (Å²) in [5.41, 5.74) is 4.68. The summed E-state index contributed by atoms with van der Waals surface area (Å²) in [6.45, 7) is 3.98. The van der Waals surface area contributed by atoms with Crippen molar-refractivity contribution in [3.63, 3.8) is 0 Å². The molecule has 4 aromatic rings. The van der Waals surface area contributed by atoms with Gasteiger partial charge in [-0.3, -0.25) is 14.5 Å². The van der Waals surface area contributed by atoms with Gasteiger partial charge in [-0.15, -0.1) is 0 Å². The number of benzene rings is 4. The van der Waals surface area contributed by atoms with Crippen LogP contribution >= 0.6 is 11.8 Å². The zero-order valence-electron chi connectivity index (χ0n) is 21.4. The average Bonchev–Trinajstić information content (AvgIpc) is 3.22. The van der Waals surface area contributed by atoms with Crippen molar-refractivity contribution >= 4 is 57.0 Å². The van der Waals surface area contributed by atoms with E-state index in [1.165, 1.54) is 11.8 Å². The number of fused-ring (bicyclic) bond motifs is 1. The fourth-order valence-electron chi connectivity index (χ4n) is 4.35. The van der Waals surface area contributed by atoms with E-state index in [2.05, 4.69) is 16.4 Å². The van der Waals surface area contributed by atoms with Crippen LogP contribution in [0.1, 0.15) is 16.7 Å². The highest BCUT2D eigenvalue weighted by Crippen LogP contribution is 2.31. The number of aliphatic imine (C=N–C) groups is 1. The van der Waals surface area contributed by atoms with Crippen LogP contribution in [0.5, 0.6) is 5.75 Å². The first kappa shape index (κ1) is 25.3. The van der Waals surface area contributed by atoms with Crippen molar-refractivity contribution in [2.24, 2.45) is 4.99 Å². The van der Waals surface area contributed by atoms with Gasteiger partial charge in [0.25, 0.3) is 5.91 Å². The molecule has 1 aliphatic heterocycles. The molecule has 0 aliphatic carbocycles. The first-order valence-electron chi connectivity index (χ1n) is 12.2. The second-order valence-corrected chi connectivity index (χ2v) is 10.0. The molecule has 2 amide bonds. The molecule has 0 bridgehead atoms. The number of rotatable bonds is 6. The molecule has 1 N–H and O–H groups in total. The van der Waals surface area contributed by atoms with E-state index in [1.807, 2.05) is 92.7 Å². The number of thioether (sulfide) groups is 1. The molecule has 0 aromatic heterocycles. The maximum Gasteiger partial charge on any atom is 0.283 e. The molecule has 7 heteroatoms. The SMILES string of the molecule is COc1ccc(/C=C2/N=C(SCC(=O)Nc3ccc4ccccc4c3)N(c3cc(C)cc(C)c3)C2=O)cc1. The van der Waals surface area contributed by atoms with Crippen molar-refractivity contribution in [3.05, 3.63) is 107 Å². The molecule has 4 aromatic carbocycles. The Hall–Kier alpha value is -4.36. The quantitative estimate of drug-likeness (QED) is 0.291. The molecule has 5 rings (SSSR count). The molecule has 1 aliphatic rings. The largest absolute Gasteiger partial charge is 0.497 e. The highest BCUT2D eigenvalue weighted by atomic mass is 32.2. The van der Waals surface area contributed by atoms with Crippen LogP contribution in [0.2, 0.25) is 0 Å². The molecule has 190 valence electrons. The predicted octanol–water partition coefficient (Wildman–Crippen LogP) is 6.58. The van der Waals surface area contributed by atoms with Gasteiger partial charge in [0.15, 0.2) is 5.17 Å². The standard InChI is InChI=1S/C31H27N3O3S/c1-20-14-21(2)16-26(15-20)34-30(36)28(17-22-8-12-27(37-3)13-9-22)33-31(34)38-19-29(35)32-25-11-10-23-6-4-5-7-24(23)18-25/h4-18H,19H2,1-3H3,(H,32,35)/b28-17+. The average molecular weight is 522 g/mol. The Morgan fingerprint density at radius 3 is 2.37 bits per heavy atom. The number of hydrogen-bond acceptors (Lipinski definition) is 5. The summed E-state index contributed by atoms with van der Waals surface area (Å²) in [6, 6.07) is 27.2. The van der Waals surface area contributed by atoms with Crippen molar-refractivity contribution < 1.29 is 14.3 Å². The van der Waals surface area contributed by atoms with E-state index in [9.17, 15) is 9.59 Å². The summed E-state index contributed by atoms with van der Waals surface area (Å²) in [6.07, 6.45) is 1.75. The maximum atomic E-state index is 13.5. The van der Waals surface area contributed by atoms with Gasteiger partial charge in [0.1, 0.15) is 11.4 Å². The monoisotopic (exact) mass is 521 g/mol. The van der Waals surface area contributed by atoms with E-state index in [1.54, 1.807) is 18.1 Å². The molecule has 0 spiro atoms. The maximum absolute atomic E-state index is 13.5. The van der Waals surface area contributed by atoms with Crippen molar-refractivity contribution in [2.75, 3.05) is 23.1 Å². The molecule has 0 unspecified atom stereocenters. The number of anilines is 2. The highest BCUT2D eigenvalue weighted by Gasteiger charge is 2.32. The Kier molecular flexibility index (Phi) is 7.29. The molecule has 0 saturated heterocycles. The minimum atomic E-state index is -0.233. The molecule has 0 saturated carbocycles. The molecule has 0 radical (unpaired) electrons. The second kappa shape index (κ2) is 10.9. The van der Waals surface area contributed by atoms with E-state index in [0.717, 1.165) is 44.6 Å². The Bertz CT molecular complexity index is 1570. The Balaban J connectivity index is 1.38. The van der Waals surface area contributed by atoms with E-state index < -0.39 is 0 Å². The number of ether oxygens (including phenoxy) is 1. The van der Waals surface area contributed by atoms with Gasteiger partial charge in [-0.2, -0.15) is 0 Å². The molecule has 0 atom stereocenters. The molecule has 6 nitrogen and oxygen atoms in total. The first-order valence-corrected chi connectivity index (χ1v) is 13.2. The van der Waals surface area contributed by atoms with Crippen LogP contribution < -0.4 is 15.0 Å². The van der Waals surface area contributed by atoms with Crippen LogP contribution in [0.15, 0.2) is 95.6 Å². The van der Waals surface area contributed by atoms with Gasteiger partial charge in [0.2, 0.25) is 5.91 Å². The first-order chi connectivity index (χ1) is 18.4. The lowest BCUT2D eigenvalue weighted by atomic mass is 10.1. The smallest absolute Gasteiger partial charge is 0.283 e. The third-order valence-corrected chi connectivity index (χ3v) is 7.02. The normalized spacial score (nSPS) is 14.2. The summed E-state index contributed by atoms with van der Waals surface area (Å²) in [7, 11) is 1.61. The lowest BCUT2D eigenvalue weighted by Crippen LogP contribution is -2.31. The van der Waals surface area contributed by atoms with Crippen molar-refractivity contribution in [1.29, 1.82) is 0 Å². The summed E-state index contributed by atoms with van der Waals surface area (Å²) in [5, 5.41) is 5.59. The minimum absolute atomic E-state index is 0.107. The number of aryl methyl sites for hydroxylation is 2. The number of amides is 2. The summed E-state index contributed by atoms with van der Waals surface area (Å²) in [5.74, 6) is 0.436. The number of methoxy groups -OCH3 is 1. The molecular weight excluding hydrogens is 494 g/mol. The van der Waals surface area contributed by atoms with Gasteiger partial charge < -0.3 is 10.1 Å². The number of nitrogens with one attached hydrogen (secondary N) is 1. The van der Waals surface area contributed by atoms with Crippen molar-refractivity contribution in [2.45, 2.75) is 13.8 Å². The van der Waals surface area contributed by atoms with E-state index in [-0.39, 0.29) is 17.6 Å². The van der Waals surface area contributed by atoms with Crippen LogP contribution in [0.3, 0.4) is 0 Å². The van der Waals surface area contributed by atoms with Crippen LogP contribution in [0.4, 0.5) is 11.4 Å². The van der Waals surface area contributed by atoms with E-state index in [4.69, 9.17) is 4.74 Å². The van der Waals surface area contributed by atoms with Gasteiger partial charge in [-0.25, -0.2) is 4.99 Å². The Morgan fingerprint density at radius 1 is 0.947 bits per heavy atom. The number of carbonyl (C=O) groups is 2. The van der Waals surface area contributed by atoms with Crippen LogP contribution in [0.25, 0.3) is 16.8 Å². The molecule has 0 fully saturated rings. The third kappa shape index (κ3) is 5.63. The van der Waals surface area contributed by atoms with Crippen molar-refractivity contribution in [3.8, 4) is 5.75 Å². The fraction of sp³-hybridized carbons (Fsp3) is 0.129. The number of carbonyl (C=O) groups excluding carboxylic acids is 2. The Morgan fingerprint density at radius 2 is 1.66 bits per heavy atom. The summed E-state index contributed by atoms with van der Waals surface area (Å²) >= 11 is 1.24. The van der Waals surface area contributed by atoms with E-state index in [0.29, 0.717) is 10.9 Å². The van der Waals surface area contributed by atoms with Crippen LogP contribution in [-0.2, 0) is 9.59 Å². The van der Waals surface area contributed by atoms with Crippen LogP contribution in [-0.4, -0.2) is 29.8 Å². The van der Waals surface area contributed by atoms with Gasteiger partial charge in [-0.05, 0) is 83.8 Å². The van der Waals surface area contributed by atoms with Gasteiger partial charge in [-0.1, -0.05) is 60.3 Å². The van der Waals surface area contributed by atoms with Crippen LogP contribution in [0, 0.1) is 13.8 Å². The topological polar surface area (TPSA) is 71.0 Å². The lowest BCUT2D eigenvalue weighted by Gasteiger charge is -2.19. The third-order valence-electron chi connectivity index (χ3n) is 6.08. The number of amidine groups is 1. The van der Waals surface area contributed by atoms with Crippen molar-refractivity contribution in [1.82, 2.24) is 0 Å².